The Balaban J connectivity index is 1.96. The molecule has 2 N–H and O–H groups in total. The Morgan fingerprint density at radius 3 is 2.84 bits per heavy atom. The summed E-state index contributed by atoms with van der Waals surface area (Å²) in [6, 6.07) is 12.0. The zero-order valence-corrected chi connectivity index (χ0v) is 10.8. The lowest BCUT2D eigenvalue weighted by molar-refractivity contribution is 0.462. The van der Waals surface area contributed by atoms with Crippen LogP contribution in [0.2, 0.25) is 0 Å². The van der Waals surface area contributed by atoms with Crippen LogP contribution in [0.4, 0.5) is 0 Å². The summed E-state index contributed by atoms with van der Waals surface area (Å²) in [5, 5.41) is 1.16. The summed E-state index contributed by atoms with van der Waals surface area (Å²) in [5.41, 5.74) is 9.56. The molecule has 19 heavy (non-hydrogen) atoms. The highest BCUT2D eigenvalue weighted by molar-refractivity contribution is 5.81. The molecule has 3 heteroatoms. The minimum atomic E-state index is -0.124. The summed E-state index contributed by atoms with van der Waals surface area (Å²) >= 11 is 0. The predicted octanol–water partition coefficient (Wildman–Crippen LogP) is 3.38. The number of para-hydroxylation sites is 1. The van der Waals surface area contributed by atoms with E-state index in [0.717, 1.165) is 28.6 Å². The van der Waals surface area contributed by atoms with E-state index in [-0.39, 0.29) is 6.04 Å². The summed E-state index contributed by atoms with van der Waals surface area (Å²) in [7, 11) is 0. The fourth-order valence-corrected chi connectivity index (χ4v) is 2.43. The summed E-state index contributed by atoms with van der Waals surface area (Å²) in [4.78, 5) is 4.37. The first-order valence-electron chi connectivity index (χ1n) is 6.38. The third kappa shape index (κ3) is 2.25. The van der Waals surface area contributed by atoms with Gasteiger partial charge >= 0.3 is 0 Å². The Hall–Kier alpha value is -2.13. The molecule has 0 bridgehead atoms. The van der Waals surface area contributed by atoms with Gasteiger partial charge in [-0.15, -0.1) is 0 Å². The van der Waals surface area contributed by atoms with Gasteiger partial charge in [-0.05, 0) is 42.7 Å². The van der Waals surface area contributed by atoms with Gasteiger partial charge in [-0.2, -0.15) is 0 Å². The normalized spacial score (nSPS) is 12.7. The number of aromatic nitrogens is 1. The fraction of sp³-hybridized carbons (Fsp3) is 0.188. The molecule has 0 radical (unpaired) electrons. The molecule has 0 aliphatic carbocycles. The molecular formula is C16H16N2O. The van der Waals surface area contributed by atoms with E-state index >= 15 is 0 Å². The summed E-state index contributed by atoms with van der Waals surface area (Å²) in [6.45, 7) is 2.02. The Morgan fingerprint density at radius 1 is 1.21 bits per heavy atom. The molecule has 96 valence electrons. The van der Waals surface area contributed by atoms with Crippen LogP contribution in [0.25, 0.3) is 10.9 Å². The molecule has 3 rings (SSSR count). The molecule has 0 amide bonds. The van der Waals surface area contributed by atoms with Crippen LogP contribution in [-0.4, -0.2) is 4.98 Å². The van der Waals surface area contributed by atoms with Gasteiger partial charge in [-0.3, -0.25) is 4.98 Å². The zero-order valence-electron chi connectivity index (χ0n) is 10.8. The van der Waals surface area contributed by atoms with Crippen molar-refractivity contribution in [3.8, 4) is 0 Å². The van der Waals surface area contributed by atoms with Crippen LogP contribution in [0.3, 0.4) is 0 Å². The number of nitrogens with zero attached hydrogens (tertiary/aromatic N) is 1. The van der Waals surface area contributed by atoms with Gasteiger partial charge in [0.25, 0.3) is 0 Å². The zero-order chi connectivity index (χ0) is 13.2. The van der Waals surface area contributed by atoms with Crippen LogP contribution in [0, 0.1) is 6.92 Å². The Morgan fingerprint density at radius 2 is 2.05 bits per heavy atom. The van der Waals surface area contributed by atoms with Gasteiger partial charge < -0.3 is 10.2 Å². The number of fused-ring (bicyclic) bond motifs is 1. The number of benzene rings is 1. The van der Waals surface area contributed by atoms with Crippen LogP contribution < -0.4 is 5.73 Å². The van der Waals surface area contributed by atoms with E-state index in [1.54, 1.807) is 6.26 Å². The fourth-order valence-electron chi connectivity index (χ4n) is 2.43. The lowest BCUT2D eigenvalue weighted by atomic mass is 10.00. The van der Waals surface area contributed by atoms with Gasteiger partial charge in [0, 0.05) is 11.6 Å². The second-order valence-electron chi connectivity index (χ2n) is 4.77. The van der Waals surface area contributed by atoms with Gasteiger partial charge in [-0.1, -0.05) is 18.2 Å². The van der Waals surface area contributed by atoms with Crippen molar-refractivity contribution in [3.63, 3.8) is 0 Å². The quantitative estimate of drug-likeness (QED) is 0.777. The average molecular weight is 252 g/mol. The van der Waals surface area contributed by atoms with Crippen molar-refractivity contribution >= 4 is 10.9 Å². The molecule has 0 aliphatic rings. The highest BCUT2D eigenvalue weighted by atomic mass is 16.3. The van der Waals surface area contributed by atoms with E-state index in [1.165, 1.54) is 5.56 Å². The number of rotatable bonds is 3. The molecule has 2 heterocycles. The third-order valence-corrected chi connectivity index (χ3v) is 3.42. The minimum absolute atomic E-state index is 0.124. The number of furan rings is 1. The Kier molecular flexibility index (Phi) is 3.05. The second-order valence-corrected chi connectivity index (χ2v) is 4.77. The van der Waals surface area contributed by atoms with Gasteiger partial charge in [0.05, 0.1) is 17.8 Å². The molecule has 0 aliphatic heterocycles. The van der Waals surface area contributed by atoms with Crippen molar-refractivity contribution in [1.29, 1.82) is 0 Å². The molecule has 1 unspecified atom stereocenters. The number of hydrogen-bond donors (Lipinski definition) is 1. The highest BCUT2D eigenvalue weighted by Crippen LogP contribution is 2.24. The number of pyridine rings is 1. The van der Waals surface area contributed by atoms with E-state index in [2.05, 4.69) is 11.1 Å². The molecule has 0 saturated carbocycles. The maximum Gasteiger partial charge on any atom is 0.123 e. The monoisotopic (exact) mass is 252 g/mol. The molecule has 0 fully saturated rings. The molecular weight excluding hydrogens is 236 g/mol. The first-order valence-corrected chi connectivity index (χ1v) is 6.38. The SMILES string of the molecule is Cc1ccoc1C(N)Cc1ccnc2ccccc12. The van der Waals surface area contributed by atoms with Crippen LogP contribution >= 0.6 is 0 Å². The number of hydrogen-bond acceptors (Lipinski definition) is 3. The van der Waals surface area contributed by atoms with Crippen LogP contribution in [0.5, 0.6) is 0 Å². The first-order chi connectivity index (χ1) is 9.25. The lowest BCUT2D eigenvalue weighted by Gasteiger charge is -2.12. The summed E-state index contributed by atoms with van der Waals surface area (Å²) in [6.07, 6.45) is 4.27. The van der Waals surface area contributed by atoms with Gasteiger partial charge in [0.1, 0.15) is 5.76 Å². The average Bonchev–Trinajstić information content (AvgIpc) is 2.85. The summed E-state index contributed by atoms with van der Waals surface area (Å²) in [5.74, 6) is 0.862. The molecule has 0 spiro atoms. The van der Waals surface area contributed by atoms with Crippen LogP contribution in [-0.2, 0) is 6.42 Å². The van der Waals surface area contributed by atoms with Crippen LogP contribution in [0.1, 0.15) is 22.9 Å². The van der Waals surface area contributed by atoms with Gasteiger partial charge in [0.2, 0.25) is 0 Å². The number of nitrogens with two attached hydrogens (primary N) is 1. The van der Waals surface area contributed by atoms with E-state index in [9.17, 15) is 0 Å². The predicted molar refractivity (Wildman–Crippen MR) is 75.8 cm³/mol. The molecule has 0 saturated heterocycles. The van der Waals surface area contributed by atoms with Gasteiger partial charge in [-0.25, -0.2) is 0 Å². The Bertz CT molecular complexity index is 697. The standard InChI is InChI=1S/C16H16N2O/c1-11-7-9-19-16(11)14(17)10-12-6-8-18-15-5-3-2-4-13(12)15/h2-9,14H,10,17H2,1H3. The topological polar surface area (TPSA) is 52.0 Å². The summed E-state index contributed by atoms with van der Waals surface area (Å²) < 4.78 is 5.47. The smallest absolute Gasteiger partial charge is 0.123 e. The van der Waals surface area contributed by atoms with Crippen molar-refractivity contribution in [2.45, 2.75) is 19.4 Å². The maximum absolute atomic E-state index is 6.25. The second kappa shape index (κ2) is 4.86. The number of aryl methyl sites for hydroxylation is 1. The molecule has 1 atom stereocenters. The molecule has 2 aromatic heterocycles. The van der Waals surface area contributed by atoms with Crippen molar-refractivity contribution < 1.29 is 4.42 Å². The molecule has 3 nitrogen and oxygen atoms in total. The molecule has 1 aromatic carbocycles. The molecule has 3 aromatic rings. The minimum Gasteiger partial charge on any atom is -0.467 e. The van der Waals surface area contributed by atoms with Crippen LogP contribution in [0.15, 0.2) is 53.3 Å². The highest BCUT2D eigenvalue weighted by Gasteiger charge is 2.14. The van der Waals surface area contributed by atoms with Crippen molar-refractivity contribution in [2.24, 2.45) is 5.73 Å². The Labute approximate surface area is 112 Å². The third-order valence-electron chi connectivity index (χ3n) is 3.42. The van der Waals surface area contributed by atoms with E-state index in [1.807, 2.05) is 43.5 Å². The maximum atomic E-state index is 6.25. The van der Waals surface area contributed by atoms with Crippen molar-refractivity contribution in [1.82, 2.24) is 4.98 Å². The largest absolute Gasteiger partial charge is 0.467 e. The first kappa shape index (κ1) is 11.9. The lowest BCUT2D eigenvalue weighted by Crippen LogP contribution is -2.13. The van der Waals surface area contributed by atoms with Crippen molar-refractivity contribution in [3.05, 3.63) is 65.7 Å². The van der Waals surface area contributed by atoms with Crippen molar-refractivity contribution in [2.75, 3.05) is 0 Å². The van der Waals surface area contributed by atoms with Gasteiger partial charge in [0.15, 0.2) is 0 Å². The van der Waals surface area contributed by atoms with E-state index in [0.29, 0.717) is 0 Å². The van der Waals surface area contributed by atoms with E-state index in [4.69, 9.17) is 10.2 Å². The van der Waals surface area contributed by atoms with E-state index < -0.39 is 0 Å².